The number of nitrogens with zero attached hydrogens (tertiary/aromatic N) is 6. The summed E-state index contributed by atoms with van der Waals surface area (Å²) >= 11 is 0. The number of aromatic hydroxyl groups is 1. The van der Waals surface area contributed by atoms with Gasteiger partial charge in [-0.1, -0.05) is 103 Å². The average molecular weight is 1060 g/mol. The average Bonchev–Trinajstić information content (AvgIpc) is 4.19. The molecule has 0 bridgehead atoms. The summed E-state index contributed by atoms with van der Waals surface area (Å²) in [4.78, 5) is 62.0. The predicted molar refractivity (Wildman–Crippen MR) is 287 cm³/mol. The molecule has 6 aromatic rings. The highest BCUT2D eigenvalue weighted by molar-refractivity contribution is 7.90. The quantitative estimate of drug-likeness (QED) is 0.0903. The first-order valence-electron chi connectivity index (χ1n) is 25.2. The molecule has 2 aromatic heterocycles. The minimum absolute atomic E-state index is 0.0493. The molecule has 3 aliphatic rings. The number of rotatable bonds is 12. The van der Waals surface area contributed by atoms with Gasteiger partial charge in [-0.05, 0) is 88.8 Å². The number of aryl methyl sites for hydroxylation is 4. The lowest BCUT2D eigenvalue weighted by atomic mass is 9.82. The van der Waals surface area contributed by atoms with E-state index in [-0.39, 0.29) is 33.4 Å². The molecule has 18 nitrogen and oxygen atoms in total. The molecule has 0 aliphatic carbocycles. The molecule has 3 aliphatic heterocycles. The number of ketones is 1. The minimum atomic E-state index is -3.52. The van der Waals surface area contributed by atoms with Crippen LogP contribution in [0.4, 0.5) is 0 Å². The van der Waals surface area contributed by atoms with Gasteiger partial charge in [0.15, 0.2) is 26.9 Å². The van der Waals surface area contributed by atoms with Crippen LogP contribution in [-0.4, -0.2) is 94.5 Å². The molecule has 0 fully saturated rings. The van der Waals surface area contributed by atoms with Crippen LogP contribution in [0.25, 0.3) is 11.1 Å². The maximum atomic E-state index is 13.5. The third kappa shape index (κ3) is 11.7. The molecule has 0 unspecified atom stereocenters. The normalized spacial score (nSPS) is 14.8. The number of oxime groups is 2. The fourth-order valence-electron chi connectivity index (χ4n) is 9.26. The first kappa shape index (κ1) is 56.1. The van der Waals surface area contributed by atoms with E-state index in [1.165, 1.54) is 35.6 Å². The molecule has 0 saturated heterocycles. The summed E-state index contributed by atoms with van der Waals surface area (Å²) in [6.07, 6.45) is 4.79. The van der Waals surface area contributed by atoms with Crippen molar-refractivity contribution >= 4 is 39.0 Å². The van der Waals surface area contributed by atoms with Crippen molar-refractivity contribution in [2.45, 2.75) is 105 Å². The zero-order valence-corrected chi connectivity index (χ0v) is 45.6. The standard InChI is InChI=1S/C23H32N2O4.C18H17NO3.C16H17N3O5S/c1-7-16-13-15(3)14-17(8-2)18(16)19-20(26)24-9-11-28-12-10-25(24)21(19)29-22(27)23(4,5)6;1-2-21-17(20)16-13-18(22-19-16,14-9-5-3-6-10-14)15-11-7-4-8-12-15;1-9-10(15(20)11-8-17-19(2)16(11)21)4-5-13(25(3,22)23)14(9)12-6-7-24-18-12/h13-14H,7-12H2,1-6H3;3-12H,2,13H2,1H3;4-5,8,21H,6-7H2,1-3H3. The fourth-order valence-corrected chi connectivity index (χ4v) is 10.2. The predicted octanol–water partition coefficient (Wildman–Crippen LogP) is 8.19. The Balaban J connectivity index is 0.000000167. The molecule has 9 rings (SSSR count). The number of carbonyl (C=O) groups excluding carboxylic acids is 3. The molecular formula is C57H66N6O12S. The monoisotopic (exact) mass is 1060 g/mol. The van der Waals surface area contributed by atoms with Crippen LogP contribution in [0.2, 0.25) is 0 Å². The molecule has 0 atom stereocenters. The van der Waals surface area contributed by atoms with E-state index in [2.05, 4.69) is 48.3 Å². The van der Waals surface area contributed by atoms with Gasteiger partial charge < -0.3 is 29.0 Å². The summed E-state index contributed by atoms with van der Waals surface area (Å²) in [5, 5.41) is 21.7. The van der Waals surface area contributed by atoms with Crippen molar-refractivity contribution in [3.8, 4) is 22.9 Å². The number of ether oxygens (including phenoxy) is 3. The first-order valence-corrected chi connectivity index (χ1v) is 27.1. The van der Waals surface area contributed by atoms with E-state index in [0.29, 0.717) is 86.4 Å². The SMILES string of the molecule is CCOC(=O)C1=NOC(c2ccccc2)(c2ccccc2)C1.CCc1cc(C)cc(CC)c1-c1c(OC(=O)C(C)(C)C)n2n(c1=O)CCOCC2.Cc1c(C(=O)c2cnn(C)c2O)ccc(S(C)(=O)=O)c1C1=NOCC1. The van der Waals surface area contributed by atoms with Crippen molar-refractivity contribution in [1.82, 2.24) is 19.1 Å². The second-order valence-electron chi connectivity index (χ2n) is 19.6. The van der Waals surface area contributed by atoms with Gasteiger partial charge in [0.2, 0.25) is 11.8 Å². The molecule has 0 radical (unpaired) electrons. The van der Waals surface area contributed by atoms with Crippen LogP contribution in [-0.2, 0) is 77.2 Å². The summed E-state index contributed by atoms with van der Waals surface area (Å²) < 4.78 is 45.4. The number of carbonyl (C=O) groups is 3. The largest absolute Gasteiger partial charge is 0.493 e. The van der Waals surface area contributed by atoms with Crippen molar-refractivity contribution in [1.29, 1.82) is 0 Å². The highest BCUT2D eigenvalue weighted by Crippen LogP contribution is 2.42. The third-order valence-electron chi connectivity index (χ3n) is 13.2. The van der Waals surface area contributed by atoms with Crippen LogP contribution in [0.5, 0.6) is 11.8 Å². The lowest BCUT2D eigenvalue weighted by molar-refractivity contribution is -0.143. The molecule has 5 heterocycles. The fraction of sp³-hybridized carbons (Fsp3) is 0.386. The number of benzene rings is 4. The Morgan fingerprint density at radius 3 is 1.92 bits per heavy atom. The van der Waals surface area contributed by atoms with Crippen LogP contribution in [0.3, 0.4) is 0 Å². The Kier molecular flexibility index (Phi) is 17.3. The van der Waals surface area contributed by atoms with Gasteiger partial charge in [-0.15, -0.1) is 0 Å². The van der Waals surface area contributed by atoms with Crippen molar-refractivity contribution < 1.29 is 51.8 Å². The number of aromatic nitrogens is 4. The molecule has 402 valence electrons. The van der Waals surface area contributed by atoms with Gasteiger partial charge in [0, 0.05) is 42.0 Å². The number of esters is 2. The maximum Gasteiger partial charge on any atom is 0.356 e. The summed E-state index contributed by atoms with van der Waals surface area (Å²) in [6, 6.07) is 26.7. The second kappa shape index (κ2) is 23.5. The lowest BCUT2D eigenvalue weighted by Crippen LogP contribution is -2.29. The van der Waals surface area contributed by atoms with E-state index in [0.717, 1.165) is 46.9 Å². The van der Waals surface area contributed by atoms with Gasteiger partial charge in [-0.2, -0.15) is 5.10 Å². The van der Waals surface area contributed by atoms with E-state index in [1.54, 1.807) is 23.2 Å². The Bertz CT molecular complexity index is 3300. The molecular weight excluding hydrogens is 993 g/mol. The first-order chi connectivity index (χ1) is 36.2. The molecule has 19 heteroatoms. The Hall–Kier alpha value is -7.64. The highest BCUT2D eigenvalue weighted by atomic mass is 32.2. The van der Waals surface area contributed by atoms with Crippen LogP contribution < -0.4 is 10.3 Å². The zero-order chi connectivity index (χ0) is 55.1. The van der Waals surface area contributed by atoms with Crippen molar-refractivity contribution in [3.05, 3.63) is 152 Å². The van der Waals surface area contributed by atoms with Gasteiger partial charge in [0.25, 0.3) is 5.56 Å². The van der Waals surface area contributed by atoms with Gasteiger partial charge in [0.05, 0.1) is 61.5 Å². The summed E-state index contributed by atoms with van der Waals surface area (Å²) in [5.74, 6) is -1.12. The molecule has 1 N–H and O–H groups in total. The van der Waals surface area contributed by atoms with Crippen LogP contribution in [0, 0.1) is 19.3 Å². The maximum absolute atomic E-state index is 13.5. The second-order valence-corrected chi connectivity index (χ2v) is 21.6. The lowest BCUT2D eigenvalue weighted by Gasteiger charge is -2.27. The molecule has 0 spiro atoms. The molecule has 0 saturated carbocycles. The van der Waals surface area contributed by atoms with E-state index in [4.69, 9.17) is 23.9 Å². The Labute approximate surface area is 442 Å². The smallest absolute Gasteiger partial charge is 0.356 e. The Morgan fingerprint density at radius 1 is 0.803 bits per heavy atom. The molecule has 0 amide bonds. The number of fused-ring (bicyclic) bond motifs is 1. The zero-order valence-electron chi connectivity index (χ0n) is 44.8. The van der Waals surface area contributed by atoms with Gasteiger partial charge in [0.1, 0.15) is 17.7 Å². The van der Waals surface area contributed by atoms with E-state index < -0.39 is 32.6 Å². The van der Waals surface area contributed by atoms with E-state index in [1.807, 2.05) is 81.4 Å². The number of sulfone groups is 1. The highest BCUT2D eigenvalue weighted by Gasteiger charge is 2.45. The van der Waals surface area contributed by atoms with Crippen LogP contribution in [0.15, 0.2) is 111 Å². The van der Waals surface area contributed by atoms with Crippen molar-refractivity contribution in [2.24, 2.45) is 22.8 Å². The van der Waals surface area contributed by atoms with Gasteiger partial charge in [-0.25, -0.2) is 27.3 Å². The van der Waals surface area contributed by atoms with Crippen LogP contribution >= 0.6 is 0 Å². The molecule has 4 aromatic carbocycles. The van der Waals surface area contributed by atoms with Crippen LogP contribution in [0.1, 0.15) is 109 Å². The molecule has 76 heavy (non-hydrogen) atoms. The Morgan fingerprint density at radius 2 is 1.41 bits per heavy atom. The number of hydrogen-bond acceptors (Lipinski definition) is 15. The minimum Gasteiger partial charge on any atom is -0.493 e. The van der Waals surface area contributed by atoms with Crippen molar-refractivity contribution in [2.75, 3.05) is 32.7 Å². The van der Waals surface area contributed by atoms with Gasteiger partial charge in [-0.3, -0.25) is 14.4 Å². The third-order valence-corrected chi connectivity index (χ3v) is 14.3. The number of hydrogen-bond donors (Lipinski definition) is 1. The summed E-state index contributed by atoms with van der Waals surface area (Å²) in [5.41, 5.74) is 7.12. The van der Waals surface area contributed by atoms with E-state index in [9.17, 15) is 32.7 Å². The van der Waals surface area contributed by atoms with Crippen molar-refractivity contribution in [3.63, 3.8) is 0 Å². The summed E-state index contributed by atoms with van der Waals surface area (Å²) in [7, 11) is -2.00. The van der Waals surface area contributed by atoms with Gasteiger partial charge >= 0.3 is 11.9 Å². The summed E-state index contributed by atoms with van der Waals surface area (Å²) in [6.45, 7) is 17.7. The topological polar surface area (TPSA) is 221 Å². The van der Waals surface area contributed by atoms with E-state index >= 15 is 0 Å².